The van der Waals surface area contributed by atoms with E-state index in [0.717, 1.165) is 8.66 Å². The molecule has 1 aromatic rings. The van der Waals surface area contributed by atoms with Gasteiger partial charge in [-0.2, -0.15) is 0 Å². The SMILES string of the molecule is CC(C)C(C(=O)O)C(=O)NCc1ccc(Br)s1. The molecule has 0 aromatic carbocycles. The minimum absolute atomic E-state index is 0.220. The average molecular weight is 320 g/mol. The highest BCUT2D eigenvalue weighted by Crippen LogP contribution is 2.22. The number of hydrogen-bond acceptors (Lipinski definition) is 3. The number of halogens is 1. The Labute approximate surface area is 112 Å². The van der Waals surface area contributed by atoms with Crippen molar-refractivity contribution in [2.75, 3.05) is 0 Å². The molecule has 0 aliphatic rings. The first-order valence-electron chi connectivity index (χ1n) is 5.16. The number of thiophene rings is 1. The molecule has 0 spiro atoms. The molecule has 0 saturated carbocycles. The largest absolute Gasteiger partial charge is 0.481 e. The zero-order valence-electron chi connectivity index (χ0n) is 9.57. The van der Waals surface area contributed by atoms with Crippen molar-refractivity contribution in [3.63, 3.8) is 0 Å². The number of carbonyl (C=O) groups excluding carboxylic acids is 1. The predicted octanol–water partition coefficient (Wildman–Crippen LogP) is 2.48. The molecule has 17 heavy (non-hydrogen) atoms. The van der Waals surface area contributed by atoms with Gasteiger partial charge >= 0.3 is 5.97 Å². The quantitative estimate of drug-likeness (QED) is 0.819. The first-order chi connectivity index (χ1) is 7.91. The monoisotopic (exact) mass is 319 g/mol. The maximum absolute atomic E-state index is 11.7. The first kappa shape index (κ1) is 14.2. The third-order valence-corrected chi connectivity index (χ3v) is 3.90. The summed E-state index contributed by atoms with van der Waals surface area (Å²) in [6.07, 6.45) is 0. The molecule has 1 atom stereocenters. The number of rotatable bonds is 5. The number of carbonyl (C=O) groups is 2. The van der Waals surface area contributed by atoms with E-state index >= 15 is 0 Å². The van der Waals surface area contributed by atoms with Crippen LogP contribution in [0.15, 0.2) is 15.9 Å². The van der Waals surface area contributed by atoms with Crippen molar-refractivity contribution in [3.05, 3.63) is 20.8 Å². The minimum atomic E-state index is -1.08. The molecule has 1 aromatic heterocycles. The summed E-state index contributed by atoms with van der Waals surface area (Å²) in [6.45, 7) is 3.81. The second-order valence-corrected chi connectivity index (χ2v) is 6.53. The summed E-state index contributed by atoms with van der Waals surface area (Å²) in [6, 6.07) is 3.78. The lowest BCUT2D eigenvalue weighted by atomic mass is 9.95. The van der Waals surface area contributed by atoms with Crippen molar-refractivity contribution in [3.8, 4) is 0 Å². The number of carboxylic acid groups (broad SMARTS) is 1. The molecular formula is C11H14BrNO3S. The zero-order valence-corrected chi connectivity index (χ0v) is 12.0. The van der Waals surface area contributed by atoms with E-state index in [1.54, 1.807) is 13.8 Å². The molecule has 1 amide bonds. The Kier molecular flexibility index (Phi) is 5.14. The Morgan fingerprint density at radius 2 is 2.12 bits per heavy atom. The summed E-state index contributed by atoms with van der Waals surface area (Å²) < 4.78 is 0.986. The van der Waals surface area contributed by atoms with Crippen molar-refractivity contribution in [1.82, 2.24) is 5.32 Å². The van der Waals surface area contributed by atoms with E-state index in [0.29, 0.717) is 6.54 Å². The Balaban J connectivity index is 2.56. The van der Waals surface area contributed by atoms with Gasteiger partial charge in [0.05, 0.1) is 10.3 Å². The molecule has 1 rings (SSSR count). The van der Waals surface area contributed by atoms with Gasteiger partial charge in [0.15, 0.2) is 0 Å². The molecular weight excluding hydrogens is 306 g/mol. The highest BCUT2D eigenvalue weighted by molar-refractivity contribution is 9.11. The van der Waals surface area contributed by atoms with E-state index in [4.69, 9.17) is 5.11 Å². The van der Waals surface area contributed by atoms with Gasteiger partial charge < -0.3 is 10.4 Å². The fourth-order valence-corrected chi connectivity index (χ4v) is 2.85. The van der Waals surface area contributed by atoms with Gasteiger partial charge in [-0.3, -0.25) is 9.59 Å². The predicted molar refractivity (Wildman–Crippen MR) is 69.8 cm³/mol. The summed E-state index contributed by atoms with van der Waals surface area (Å²) in [5, 5.41) is 11.6. The molecule has 0 radical (unpaired) electrons. The van der Waals surface area contributed by atoms with Crippen LogP contribution in [-0.4, -0.2) is 17.0 Å². The van der Waals surface area contributed by atoms with Crippen molar-refractivity contribution in [2.24, 2.45) is 11.8 Å². The molecule has 1 heterocycles. The lowest BCUT2D eigenvalue weighted by Crippen LogP contribution is -2.37. The minimum Gasteiger partial charge on any atom is -0.481 e. The summed E-state index contributed by atoms with van der Waals surface area (Å²) in [4.78, 5) is 23.6. The van der Waals surface area contributed by atoms with E-state index in [9.17, 15) is 9.59 Å². The van der Waals surface area contributed by atoms with Crippen LogP contribution in [0.4, 0.5) is 0 Å². The van der Waals surface area contributed by atoms with E-state index in [1.165, 1.54) is 11.3 Å². The van der Waals surface area contributed by atoms with Crippen molar-refractivity contribution >= 4 is 39.1 Å². The summed E-state index contributed by atoms with van der Waals surface area (Å²) in [7, 11) is 0. The summed E-state index contributed by atoms with van der Waals surface area (Å²) in [5.74, 6) is -2.72. The smallest absolute Gasteiger partial charge is 0.316 e. The fourth-order valence-electron chi connectivity index (χ4n) is 1.43. The summed E-state index contributed by atoms with van der Waals surface area (Å²) in [5.41, 5.74) is 0. The highest BCUT2D eigenvalue weighted by atomic mass is 79.9. The normalized spacial score (nSPS) is 12.5. The van der Waals surface area contributed by atoms with Crippen LogP contribution in [0.25, 0.3) is 0 Å². The maximum atomic E-state index is 11.7. The molecule has 4 nitrogen and oxygen atoms in total. The molecule has 6 heteroatoms. The van der Waals surface area contributed by atoms with Gasteiger partial charge in [0.2, 0.25) is 5.91 Å². The van der Waals surface area contributed by atoms with E-state index in [2.05, 4.69) is 21.2 Å². The van der Waals surface area contributed by atoms with Crippen LogP contribution in [0.2, 0.25) is 0 Å². The molecule has 0 fully saturated rings. The topological polar surface area (TPSA) is 66.4 Å². The Hall–Kier alpha value is -0.880. The number of amides is 1. The van der Waals surface area contributed by atoms with Crippen molar-refractivity contribution in [1.29, 1.82) is 0 Å². The van der Waals surface area contributed by atoms with Gasteiger partial charge in [-0.15, -0.1) is 11.3 Å². The Bertz CT molecular complexity index is 417. The average Bonchev–Trinajstić information content (AvgIpc) is 2.60. The molecule has 0 aliphatic heterocycles. The number of aliphatic carboxylic acids is 1. The Morgan fingerprint density at radius 3 is 2.53 bits per heavy atom. The van der Waals surface area contributed by atoms with Crippen molar-refractivity contribution < 1.29 is 14.7 Å². The highest BCUT2D eigenvalue weighted by Gasteiger charge is 2.29. The van der Waals surface area contributed by atoms with Crippen LogP contribution < -0.4 is 5.32 Å². The van der Waals surface area contributed by atoms with Gasteiger partial charge in [-0.05, 0) is 34.0 Å². The lowest BCUT2D eigenvalue weighted by Gasteiger charge is -2.15. The number of carboxylic acids is 1. The molecule has 0 saturated heterocycles. The third kappa shape index (κ3) is 4.12. The molecule has 0 bridgehead atoms. The van der Waals surface area contributed by atoms with E-state index in [1.807, 2.05) is 12.1 Å². The van der Waals surface area contributed by atoms with Gasteiger partial charge in [-0.1, -0.05) is 13.8 Å². The van der Waals surface area contributed by atoms with Gasteiger partial charge in [0, 0.05) is 4.88 Å². The standard InChI is InChI=1S/C11H14BrNO3S/c1-6(2)9(11(15)16)10(14)13-5-7-3-4-8(12)17-7/h3-4,6,9H,5H2,1-2H3,(H,13,14)(H,15,16). The molecule has 1 unspecified atom stereocenters. The molecule has 2 N–H and O–H groups in total. The molecule has 0 aliphatic carbocycles. The van der Waals surface area contributed by atoms with Crippen molar-refractivity contribution in [2.45, 2.75) is 20.4 Å². The summed E-state index contributed by atoms with van der Waals surface area (Å²) >= 11 is 4.84. The molecule has 94 valence electrons. The fraction of sp³-hybridized carbons (Fsp3) is 0.455. The maximum Gasteiger partial charge on any atom is 0.316 e. The van der Waals surface area contributed by atoms with Crippen LogP contribution in [0.3, 0.4) is 0 Å². The van der Waals surface area contributed by atoms with Crippen LogP contribution in [0.5, 0.6) is 0 Å². The third-order valence-electron chi connectivity index (χ3n) is 2.28. The van der Waals surface area contributed by atoms with Gasteiger partial charge in [0.25, 0.3) is 0 Å². The van der Waals surface area contributed by atoms with Crippen LogP contribution in [-0.2, 0) is 16.1 Å². The van der Waals surface area contributed by atoms with E-state index < -0.39 is 17.8 Å². The van der Waals surface area contributed by atoms with Crippen LogP contribution >= 0.6 is 27.3 Å². The Morgan fingerprint density at radius 1 is 1.47 bits per heavy atom. The number of hydrogen-bond donors (Lipinski definition) is 2. The second kappa shape index (κ2) is 6.16. The lowest BCUT2D eigenvalue weighted by molar-refractivity contribution is -0.148. The zero-order chi connectivity index (χ0) is 13.0. The van der Waals surface area contributed by atoms with Gasteiger partial charge in [-0.25, -0.2) is 0 Å². The van der Waals surface area contributed by atoms with Crippen LogP contribution in [0, 0.1) is 11.8 Å². The van der Waals surface area contributed by atoms with Gasteiger partial charge in [0.1, 0.15) is 5.92 Å². The first-order valence-corrected chi connectivity index (χ1v) is 6.77. The van der Waals surface area contributed by atoms with E-state index in [-0.39, 0.29) is 5.92 Å². The number of nitrogens with one attached hydrogen (secondary N) is 1. The second-order valence-electron chi connectivity index (χ2n) is 3.98. The van der Waals surface area contributed by atoms with Crippen LogP contribution in [0.1, 0.15) is 18.7 Å².